The first-order valence-corrected chi connectivity index (χ1v) is 6.46. The highest BCUT2D eigenvalue weighted by atomic mass is 16.2. The van der Waals surface area contributed by atoms with Crippen LogP contribution in [0.1, 0.15) is 18.9 Å². The Bertz CT molecular complexity index is 433. The molecular weight excluding hydrogens is 226 g/mol. The molecule has 2 atom stereocenters. The predicted octanol–water partition coefficient (Wildman–Crippen LogP) is 1.04. The largest absolute Gasteiger partial charge is 0.357 e. The number of hydrogen-bond acceptors (Lipinski definition) is 3. The van der Waals surface area contributed by atoms with Crippen molar-refractivity contribution in [1.29, 1.82) is 0 Å². The molecule has 4 heteroatoms. The second-order valence-electron chi connectivity index (χ2n) is 4.94. The van der Waals surface area contributed by atoms with Crippen molar-refractivity contribution in [3.63, 3.8) is 0 Å². The summed E-state index contributed by atoms with van der Waals surface area (Å²) in [4.78, 5) is 14.3. The van der Waals surface area contributed by atoms with Gasteiger partial charge in [-0.25, -0.2) is 0 Å². The third-order valence-electron chi connectivity index (χ3n) is 3.40. The molecule has 18 heavy (non-hydrogen) atoms. The van der Waals surface area contributed by atoms with Crippen molar-refractivity contribution in [3.05, 3.63) is 29.8 Å². The summed E-state index contributed by atoms with van der Waals surface area (Å²) in [6.45, 7) is 5.46. The lowest BCUT2D eigenvalue weighted by Crippen LogP contribution is -2.60. The fourth-order valence-corrected chi connectivity index (χ4v) is 2.55. The average Bonchev–Trinajstić information content (AvgIpc) is 2.33. The Morgan fingerprint density at radius 2 is 2.17 bits per heavy atom. The van der Waals surface area contributed by atoms with Crippen LogP contribution in [0.5, 0.6) is 0 Å². The molecule has 1 amide bonds. The van der Waals surface area contributed by atoms with Gasteiger partial charge in [0.25, 0.3) is 0 Å². The molecule has 1 saturated heterocycles. The van der Waals surface area contributed by atoms with E-state index in [4.69, 9.17) is 5.73 Å². The van der Waals surface area contributed by atoms with Gasteiger partial charge in [-0.3, -0.25) is 4.79 Å². The maximum absolute atomic E-state index is 12.1. The van der Waals surface area contributed by atoms with E-state index in [0.717, 1.165) is 12.2 Å². The van der Waals surface area contributed by atoms with Gasteiger partial charge in [0.05, 0.1) is 0 Å². The van der Waals surface area contributed by atoms with Crippen molar-refractivity contribution in [2.45, 2.75) is 32.4 Å². The predicted molar refractivity (Wildman–Crippen MR) is 73.6 cm³/mol. The maximum atomic E-state index is 12.1. The number of nitrogens with zero attached hydrogens (tertiary/aromatic N) is 1. The number of benzene rings is 1. The number of nitrogens with one attached hydrogen (secondary N) is 1. The molecule has 2 rings (SSSR count). The van der Waals surface area contributed by atoms with Crippen LogP contribution in [-0.2, 0) is 4.79 Å². The lowest BCUT2D eigenvalue weighted by atomic mass is 10.0. The minimum absolute atomic E-state index is 0.0856. The van der Waals surface area contributed by atoms with E-state index in [0.29, 0.717) is 13.0 Å². The Balaban J connectivity index is 2.32. The summed E-state index contributed by atoms with van der Waals surface area (Å²) in [5.74, 6) is 0.0856. The molecular formula is C14H21N3O. The number of rotatable bonds is 3. The molecule has 0 bridgehead atoms. The first-order chi connectivity index (χ1) is 8.63. The van der Waals surface area contributed by atoms with Gasteiger partial charge in [0.15, 0.2) is 0 Å². The summed E-state index contributed by atoms with van der Waals surface area (Å²) in [6, 6.07) is 8.21. The smallest absolute Gasteiger partial charge is 0.243 e. The minimum atomic E-state index is -0.146. The Morgan fingerprint density at radius 3 is 2.83 bits per heavy atom. The number of nitrogens with two attached hydrogens (primary N) is 1. The van der Waals surface area contributed by atoms with Crippen molar-refractivity contribution in [3.8, 4) is 0 Å². The third-order valence-corrected chi connectivity index (χ3v) is 3.40. The Morgan fingerprint density at radius 1 is 1.44 bits per heavy atom. The average molecular weight is 247 g/mol. The number of para-hydroxylation sites is 1. The summed E-state index contributed by atoms with van der Waals surface area (Å²) in [7, 11) is 0. The van der Waals surface area contributed by atoms with Gasteiger partial charge < -0.3 is 16.0 Å². The zero-order chi connectivity index (χ0) is 13.1. The molecule has 1 heterocycles. The van der Waals surface area contributed by atoms with Crippen LogP contribution >= 0.6 is 0 Å². The molecule has 0 spiro atoms. The Hall–Kier alpha value is -1.55. The van der Waals surface area contributed by atoms with Gasteiger partial charge in [-0.2, -0.15) is 0 Å². The number of piperazine rings is 1. The molecule has 4 nitrogen and oxygen atoms in total. The molecule has 0 aromatic heterocycles. The van der Waals surface area contributed by atoms with Crippen molar-refractivity contribution in [2.24, 2.45) is 5.73 Å². The van der Waals surface area contributed by atoms with Gasteiger partial charge in [-0.15, -0.1) is 0 Å². The van der Waals surface area contributed by atoms with Crippen LogP contribution in [0.4, 0.5) is 5.69 Å². The second-order valence-corrected chi connectivity index (χ2v) is 4.94. The van der Waals surface area contributed by atoms with Gasteiger partial charge in [-0.1, -0.05) is 18.2 Å². The summed E-state index contributed by atoms with van der Waals surface area (Å²) < 4.78 is 0. The molecule has 1 aliphatic heterocycles. The molecule has 0 aliphatic carbocycles. The van der Waals surface area contributed by atoms with Gasteiger partial charge in [-0.05, 0) is 38.4 Å². The van der Waals surface area contributed by atoms with Gasteiger partial charge in [0, 0.05) is 18.3 Å². The van der Waals surface area contributed by atoms with E-state index in [1.54, 1.807) is 0 Å². The maximum Gasteiger partial charge on any atom is 0.243 e. The number of carbonyl (C=O) groups excluding carboxylic acids is 1. The fraction of sp³-hybridized carbons (Fsp3) is 0.500. The topological polar surface area (TPSA) is 58.4 Å². The van der Waals surface area contributed by atoms with E-state index in [1.165, 1.54) is 5.56 Å². The SMILES string of the molecule is Cc1ccccc1N1CC(C)NC(=O)C1CCN. The monoisotopic (exact) mass is 247 g/mol. The molecule has 1 aromatic carbocycles. The summed E-state index contributed by atoms with van der Waals surface area (Å²) in [5, 5.41) is 3.00. The van der Waals surface area contributed by atoms with Crippen LogP contribution in [0.15, 0.2) is 24.3 Å². The molecule has 1 aromatic rings. The highest BCUT2D eigenvalue weighted by Gasteiger charge is 2.32. The highest BCUT2D eigenvalue weighted by Crippen LogP contribution is 2.25. The Kier molecular flexibility index (Phi) is 3.87. The molecule has 0 saturated carbocycles. The van der Waals surface area contributed by atoms with Crippen molar-refractivity contribution < 1.29 is 4.79 Å². The lowest BCUT2D eigenvalue weighted by molar-refractivity contribution is -0.124. The van der Waals surface area contributed by atoms with Gasteiger partial charge >= 0.3 is 0 Å². The van der Waals surface area contributed by atoms with E-state index in [9.17, 15) is 4.79 Å². The van der Waals surface area contributed by atoms with Crippen molar-refractivity contribution in [2.75, 3.05) is 18.0 Å². The summed E-state index contributed by atoms with van der Waals surface area (Å²) >= 11 is 0. The first-order valence-electron chi connectivity index (χ1n) is 6.46. The molecule has 1 aliphatic rings. The number of aryl methyl sites for hydroxylation is 1. The van der Waals surface area contributed by atoms with Crippen LogP contribution in [0, 0.1) is 6.92 Å². The van der Waals surface area contributed by atoms with Crippen molar-refractivity contribution >= 4 is 11.6 Å². The van der Waals surface area contributed by atoms with Crippen LogP contribution < -0.4 is 16.0 Å². The zero-order valence-corrected chi connectivity index (χ0v) is 11.0. The molecule has 1 fully saturated rings. The van der Waals surface area contributed by atoms with E-state index >= 15 is 0 Å². The van der Waals surface area contributed by atoms with Gasteiger partial charge in [0.2, 0.25) is 5.91 Å². The standard InChI is InChI=1S/C14H21N3O/c1-10-5-3-4-6-12(10)17-9-11(2)16-14(18)13(17)7-8-15/h3-6,11,13H,7-9,15H2,1-2H3,(H,16,18). The molecule has 3 N–H and O–H groups in total. The van der Waals surface area contributed by atoms with Crippen LogP contribution in [0.25, 0.3) is 0 Å². The van der Waals surface area contributed by atoms with E-state index < -0.39 is 0 Å². The van der Waals surface area contributed by atoms with Crippen LogP contribution in [-0.4, -0.2) is 31.1 Å². The van der Waals surface area contributed by atoms with E-state index in [2.05, 4.69) is 29.3 Å². The second kappa shape index (κ2) is 5.40. The number of amides is 1. The van der Waals surface area contributed by atoms with Crippen LogP contribution in [0.2, 0.25) is 0 Å². The van der Waals surface area contributed by atoms with Crippen LogP contribution in [0.3, 0.4) is 0 Å². The highest BCUT2D eigenvalue weighted by molar-refractivity contribution is 5.87. The quantitative estimate of drug-likeness (QED) is 0.839. The zero-order valence-electron chi connectivity index (χ0n) is 11.0. The molecule has 2 unspecified atom stereocenters. The summed E-state index contributed by atoms with van der Waals surface area (Å²) in [6.07, 6.45) is 0.687. The Labute approximate surface area is 108 Å². The van der Waals surface area contributed by atoms with E-state index in [-0.39, 0.29) is 18.0 Å². The minimum Gasteiger partial charge on any atom is -0.357 e. The van der Waals surface area contributed by atoms with E-state index in [1.807, 2.05) is 19.1 Å². The third kappa shape index (κ3) is 2.48. The lowest BCUT2D eigenvalue weighted by Gasteiger charge is -2.40. The number of carbonyl (C=O) groups is 1. The number of hydrogen-bond donors (Lipinski definition) is 2. The molecule has 98 valence electrons. The van der Waals surface area contributed by atoms with Crippen molar-refractivity contribution in [1.82, 2.24) is 5.32 Å². The first kappa shape index (κ1) is 12.9. The fourth-order valence-electron chi connectivity index (χ4n) is 2.55. The normalized spacial score (nSPS) is 23.9. The number of anilines is 1. The summed E-state index contributed by atoms with van der Waals surface area (Å²) in [5.41, 5.74) is 7.96. The molecule has 0 radical (unpaired) electrons. The van der Waals surface area contributed by atoms with Gasteiger partial charge in [0.1, 0.15) is 6.04 Å².